The van der Waals surface area contributed by atoms with Gasteiger partial charge in [0.25, 0.3) is 0 Å². The van der Waals surface area contributed by atoms with E-state index in [0.717, 1.165) is 0 Å². The molecule has 1 aromatic rings. The van der Waals surface area contributed by atoms with Crippen molar-refractivity contribution >= 4 is 5.97 Å². The Morgan fingerprint density at radius 1 is 1.64 bits per heavy atom. The topological polar surface area (TPSA) is 79.0 Å². The van der Waals surface area contributed by atoms with Crippen molar-refractivity contribution in [3.05, 3.63) is 11.8 Å². The Bertz CT molecular complexity index is 248. The van der Waals surface area contributed by atoms with Gasteiger partial charge in [-0.1, -0.05) is 0 Å². The third kappa shape index (κ3) is 3.50. The molecule has 0 aliphatic heterocycles. The molecule has 0 unspecified atom stereocenters. The van der Waals surface area contributed by atoms with E-state index in [4.69, 9.17) is 4.42 Å². The fourth-order valence-corrected chi connectivity index (χ4v) is 0.532. The molecule has 0 bridgehead atoms. The first-order chi connectivity index (χ1) is 4.68. The van der Waals surface area contributed by atoms with Crippen LogP contribution in [0.4, 0.5) is 0 Å². The number of hydrogen-bond acceptors (Lipinski definition) is 5. The molecule has 0 saturated carbocycles. The number of hydrogen-bond donors (Lipinski definition) is 0. The van der Waals surface area contributed by atoms with Gasteiger partial charge in [-0.15, -0.1) is 10.2 Å². The molecule has 0 radical (unpaired) electrons. The number of carbonyl (C=O) groups is 1. The molecule has 6 heteroatoms. The Balaban J connectivity index is 0.000001000. The Morgan fingerprint density at radius 3 is 2.64 bits per heavy atom. The molecule has 0 aliphatic rings. The molecule has 54 valence electrons. The standard InChI is InChI=1S/C5H6N2O3.Na/c1-3-6-7-4(10-3)2-5(8)9;/h2H2,1H3,(H,8,9);/q;+1/p-1. The van der Waals surface area contributed by atoms with E-state index in [-0.39, 0.29) is 41.9 Å². The fourth-order valence-electron chi connectivity index (χ4n) is 0.532. The van der Waals surface area contributed by atoms with E-state index in [1.54, 1.807) is 6.92 Å². The number of aryl methyl sites for hydroxylation is 1. The van der Waals surface area contributed by atoms with Gasteiger partial charge in [0.2, 0.25) is 11.8 Å². The summed E-state index contributed by atoms with van der Waals surface area (Å²) in [5, 5.41) is 16.8. The van der Waals surface area contributed by atoms with Crippen LogP contribution in [0, 0.1) is 6.92 Å². The van der Waals surface area contributed by atoms with Crippen molar-refractivity contribution < 1.29 is 43.9 Å². The third-order valence-electron chi connectivity index (χ3n) is 0.863. The second-order valence-electron chi connectivity index (χ2n) is 1.76. The van der Waals surface area contributed by atoms with Crippen molar-refractivity contribution in [1.82, 2.24) is 10.2 Å². The summed E-state index contributed by atoms with van der Waals surface area (Å²) in [4.78, 5) is 9.94. The number of rotatable bonds is 2. The smallest absolute Gasteiger partial charge is 0.550 e. The summed E-state index contributed by atoms with van der Waals surface area (Å²) in [6.07, 6.45) is -0.319. The summed E-state index contributed by atoms with van der Waals surface area (Å²) in [5.41, 5.74) is 0. The first-order valence-electron chi connectivity index (χ1n) is 2.67. The summed E-state index contributed by atoms with van der Waals surface area (Å²) in [7, 11) is 0. The predicted molar refractivity (Wildman–Crippen MR) is 27.7 cm³/mol. The van der Waals surface area contributed by atoms with Crippen LogP contribution in [0.25, 0.3) is 0 Å². The summed E-state index contributed by atoms with van der Waals surface area (Å²) < 4.78 is 4.75. The van der Waals surface area contributed by atoms with Gasteiger partial charge in [0.15, 0.2) is 0 Å². The fraction of sp³-hybridized carbons (Fsp3) is 0.400. The second kappa shape index (κ2) is 4.48. The van der Waals surface area contributed by atoms with Crippen LogP contribution in [0.3, 0.4) is 0 Å². The van der Waals surface area contributed by atoms with Crippen LogP contribution >= 0.6 is 0 Å². The van der Waals surface area contributed by atoms with Gasteiger partial charge in [0.1, 0.15) is 0 Å². The molecular weight excluding hydrogens is 159 g/mol. The number of aliphatic carboxylic acids is 1. The molecule has 1 aromatic heterocycles. The van der Waals surface area contributed by atoms with E-state index < -0.39 is 5.97 Å². The van der Waals surface area contributed by atoms with Crippen molar-refractivity contribution in [2.24, 2.45) is 0 Å². The van der Waals surface area contributed by atoms with Crippen LogP contribution in [-0.4, -0.2) is 16.2 Å². The molecule has 0 amide bonds. The normalized spacial score (nSPS) is 8.82. The zero-order valence-electron chi connectivity index (χ0n) is 6.33. The van der Waals surface area contributed by atoms with Crippen molar-refractivity contribution in [3.63, 3.8) is 0 Å². The quantitative estimate of drug-likeness (QED) is 0.413. The van der Waals surface area contributed by atoms with Crippen LogP contribution < -0.4 is 34.7 Å². The molecular formula is C5H5N2NaO3. The minimum Gasteiger partial charge on any atom is -0.550 e. The summed E-state index contributed by atoms with van der Waals surface area (Å²) >= 11 is 0. The van der Waals surface area contributed by atoms with Gasteiger partial charge in [-0.25, -0.2) is 0 Å². The van der Waals surface area contributed by atoms with Gasteiger partial charge in [0, 0.05) is 6.92 Å². The number of carbonyl (C=O) groups excluding carboxylic acids is 1. The third-order valence-corrected chi connectivity index (χ3v) is 0.863. The monoisotopic (exact) mass is 164 g/mol. The Morgan fingerprint density at radius 2 is 2.27 bits per heavy atom. The second-order valence-corrected chi connectivity index (χ2v) is 1.76. The zero-order valence-corrected chi connectivity index (χ0v) is 8.33. The zero-order chi connectivity index (χ0) is 7.56. The van der Waals surface area contributed by atoms with Gasteiger partial charge < -0.3 is 14.3 Å². The van der Waals surface area contributed by atoms with Crippen molar-refractivity contribution in [2.75, 3.05) is 0 Å². The molecule has 0 fully saturated rings. The Kier molecular flexibility index (Phi) is 4.32. The predicted octanol–water partition coefficient (Wildman–Crippen LogP) is -4.33. The molecule has 11 heavy (non-hydrogen) atoms. The van der Waals surface area contributed by atoms with Crippen LogP contribution in [-0.2, 0) is 11.2 Å². The van der Waals surface area contributed by atoms with Gasteiger partial charge in [-0.2, -0.15) is 0 Å². The van der Waals surface area contributed by atoms with Gasteiger partial charge in [-0.05, 0) is 0 Å². The van der Waals surface area contributed by atoms with Crippen LogP contribution in [0.15, 0.2) is 4.42 Å². The van der Waals surface area contributed by atoms with Crippen molar-refractivity contribution in [1.29, 1.82) is 0 Å². The molecule has 0 atom stereocenters. The van der Waals surface area contributed by atoms with E-state index in [1.165, 1.54) is 0 Å². The van der Waals surface area contributed by atoms with Crippen molar-refractivity contribution in [3.8, 4) is 0 Å². The summed E-state index contributed by atoms with van der Waals surface area (Å²) in [5.74, 6) is -0.780. The SMILES string of the molecule is Cc1nnc(CC(=O)[O-])o1.[Na+]. The van der Waals surface area contributed by atoms with Crippen LogP contribution in [0.1, 0.15) is 11.8 Å². The van der Waals surface area contributed by atoms with Crippen LogP contribution in [0.5, 0.6) is 0 Å². The summed E-state index contributed by atoms with van der Waals surface area (Å²) in [6, 6.07) is 0. The maximum Gasteiger partial charge on any atom is 1.00 e. The molecule has 0 saturated heterocycles. The molecule has 0 spiro atoms. The van der Waals surface area contributed by atoms with Gasteiger partial charge in [-0.3, -0.25) is 0 Å². The van der Waals surface area contributed by atoms with E-state index in [2.05, 4.69) is 10.2 Å². The summed E-state index contributed by atoms with van der Waals surface area (Å²) in [6.45, 7) is 1.59. The van der Waals surface area contributed by atoms with Crippen molar-refractivity contribution in [2.45, 2.75) is 13.3 Å². The molecule has 0 aromatic carbocycles. The van der Waals surface area contributed by atoms with E-state index in [0.29, 0.717) is 5.89 Å². The van der Waals surface area contributed by atoms with Gasteiger partial charge in [0.05, 0.1) is 12.4 Å². The molecule has 0 N–H and O–H groups in total. The first-order valence-corrected chi connectivity index (χ1v) is 2.67. The molecule has 0 aliphatic carbocycles. The number of aromatic nitrogens is 2. The Hall–Kier alpha value is -0.390. The van der Waals surface area contributed by atoms with E-state index >= 15 is 0 Å². The van der Waals surface area contributed by atoms with Crippen LogP contribution in [0.2, 0.25) is 0 Å². The largest absolute Gasteiger partial charge is 1.00 e. The maximum atomic E-state index is 9.94. The Labute approximate surface area is 85.1 Å². The number of nitrogens with zero attached hydrogens (tertiary/aromatic N) is 2. The average molecular weight is 164 g/mol. The maximum absolute atomic E-state index is 9.94. The van der Waals surface area contributed by atoms with E-state index in [9.17, 15) is 9.90 Å². The number of carboxylic acid groups (broad SMARTS) is 1. The minimum atomic E-state index is -1.22. The molecule has 5 nitrogen and oxygen atoms in total. The first kappa shape index (κ1) is 10.6. The van der Waals surface area contributed by atoms with Gasteiger partial charge >= 0.3 is 29.6 Å². The molecule has 1 heterocycles. The average Bonchev–Trinajstić information content (AvgIpc) is 2.13. The number of carboxylic acids is 1. The molecule has 1 rings (SSSR count). The minimum absolute atomic E-state index is 0. The van der Waals surface area contributed by atoms with E-state index in [1.807, 2.05) is 0 Å².